The van der Waals surface area contributed by atoms with E-state index < -0.39 is 0 Å². The van der Waals surface area contributed by atoms with E-state index in [1.165, 1.54) is 0 Å². The van der Waals surface area contributed by atoms with Crippen molar-refractivity contribution in [3.05, 3.63) is 41.7 Å². The van der Waals surface area contributed by atoms with Gasteiger partial charge in [-0.15, -0.1) is 0 Å². The maximum atomic E-state index is 12.8. The molecular formula is C24H35N9O2. The van der Waals surface area contributed by atoms with Crippen LogP contribution in [0.25, 0.3) is 11.2 Å². The van der Waals surface area contributed by atoms with Crippen LogP contribution in [0.1, 0.15) is 48.0 Å². The molecule has 2 aromatic heterocycles. The predicted molar refractivity (Wildman–Crippen MR) is 140 cm³/mol. The summed E-state index contributed by atoms with van der Waals surface area (Å²) in [4.78, 5) is 39.0. The summed E-state index contributed by atoms with van der Waals surface area (Å²) in [6.07, 6.45) is 2.42. The minimum atomic E-state index is -0.388. The number of aromatic amines is 1. The molecule has 0 aliphatic heterocycles. The van der Waals surface area contributed by atoms with E-state index >= 15 is 0 Å². The van der Waals surface area contributed by atoms with E-state index in [0.717, 1.165) is 24.3 Å². The van der Waals surface area contributed by atoms with Crippen molar-refractivity contribution in [1.29, 1.82) is 0 Å². The molecule has 0 bridgehead atoms. The Labute approximate surface area is 205 Å². The number of hydrogen-bond acceptors (Lipinski definition) is 8. The van der Waals surface area contributed by atoms with Gasteiger partial charge in [0.15, 0.2) is 17.2 Å². The fourth-order valence-electron chi connectivity index (χ4n) is 3.86. The Morgan fingerprint density at radius 2 is 1.94 bits per heavy atom. The summed E-state index contributed by atoms with van der Waals surface area (Å²) in [5, 5.41) is 9.18. The van der Waals surface area contributed by atoms with E-state index in [1.54, 1.807) is 18.3 Å². The van der Waals surface area contributed by atoms with Gasteiger partial charge in [0.05, 0.1) is 11.4 Å². The molecule has 0 aliphatic carbocycles. The van der Waals surface area contributed by atoms with Crippen molar-refractivity contribution in [2.24, 2.45) is 5.73 Å². The van der Waals surface area contributed by atoms with Crippen molar-refractivity contribution in [2.45, 2.75) is 33.2 Å². The Balaban J connectivity index is 1.76. The second kappa shape index (κ2) is 12.0. The first-order valence-electron chi connectivity index (χ1n) is 11.9. The monoisotopic (exact) mass is 481 g/mol. The van der Waals surface area contributed by atoms with Gasteiger partial charge in [-0.3, -0.25) is 9.59 Å². The molecule has 0 radical (unpaired) electrons. The maximum absolute atomic E-state index is 12.8. The number of hydrogen-bond donors (Lipinski definition) is 6. The Morgan fingerprint density at radius 1 is 1.14 bits per heavy atom. The van der Waals surface area contributed by atoms with Crippen molar-refractivity contribution in [2.75, 3.05) is 48.7 Å². The average Bonchev–Trinajstić information content (AvgIpc) is 3.30. The number of amides is 2. The number of H-pyrrole nitrogens is 1. The summed E-state index contributed by atoms with van der Waals surface area (Å²) >= 11 is 0. The molecule has 11 nitrogen and oxygen atoms in total. The van der Waals surface area contributed by atoms with Crippen LogP contribution in [-0.2, 0) is 0 Å². The summed E-state index contributed by atoms with van der Waals surface area (Å²) in [6.45, 7) is 8.86. The molecule has 35 heavy (non-hydrogen) atoms. The van der Waals surface area contributed by atoms with Crippen LogP contribution in [0.15, 0.2) is 30.5 Å². The van der Waals surface area contributed by atoms with E-state index in [0.29, 0.717) is 42.9 Å². The zero-order valence-electron chi connectivity index (χ0n) is 20.5. The van der Waals surface area contributed by atoms with Crippen LogP contribution in [0.5, 0.6) is 0 Å². The Hall–Kier alpha value is -3.86. The Kier molecular flexibility index (Phi) is 8.85. The van der Waals surface area contributed by atoms with E-state index in [9.17, 15) is 9.59 Å². The van der Waals surface area contributed by atoms with E-state index in [1.807, 2.05) is 32.9 Å². The van der Waals surface area contributed by atoms with Gasteiger partial charge in [-0.05, 0) is 58.0 Å². The molecule has 1 unspecified atom stereocenters. The third-order valence-corrected chi connectivity index (χ3v) is 5.66. The van der Waals surface area contributed by atoms with Crippen LogP contribution < -0.4 is 32.3 Å². The van der Waals surface area contributed by atoms with Crippen LogP contribution in [0.3, 0.4) is 0 Å². The second-order valence-corrected chi connectivity index (χ2v) is 8.17. The number of benzene rings is 1. The first-order chi connectivity index (χ1) is 16.9. The van der Waals surface area contributed by atoms with Gasteiger partial charge < -0.3 is 37.3 Å². The second-order valence-electron chi connectivity index (χ2n) is 8.17. The normalized spacial score (nSPS) is 11.8. The van der Waals surface area contributed by atoms with Crippen molar-refractivity contribution in [1.82, 2.24) is 25.6 Å². The topological polar surface area (TPSA) is 167 Å². The third-order valence-electron chi connectivity index (χ3n) is 5.66. The number of carbonyl (C=O) groups excluding carboxylic acids is 2. The van der Waals surface area contributed by atoms with Crippen LogP contribution in [0.2, 0.25) is 0 Å². The van der Waals surface area contributed by atoms with Crippen molar-refractivity contribution in [3.8, 4) is 0 Å². The highest BCUT2D eigenvalue weighted by Gasteiger charge is 2.21. The lowest BCUT2D eigenvalue weighted by molar-refractivity contribution is 0.0942. The van der Waals surface area contributed by atoms with Crippen molar-refractivity contribution >= 4 is 40.2 Å². The van der Waals surface area contributed by atoms with Gasteiger partial charge in [0.1, 0.15) is 5.52 Å². The number of carbonyl (C=O) groups is 2. The minimum absolute atomic E-state index is 0.0697. The number of nitrogens with two attached hydrogens (primary N) is 2. The standard InChI is InChI=1S/C24H35N9O2/c1-4-27-17-8-7-16(23(34)29-11-6-10-25)13-19(17)33(5-2)15(3)14-30-24(35)20-21(26)32-22-18(31-20)9-12-28-22/h7-9,12-13,15,27H,4-6,10-11,14,25H2,1-3H3,(H,29,34)(H,30,35)(H3,26,28,32). The summed E-state index contributed by atoms with van der Waals surface area (Å²) in [7, 11) is 0. The van der Waals surface area contributed by atoms with Crippen molar-refractivity contribution < 1.29 is 9.59 Å². The number of fused-ring (bicyclic) bond motifs is 1. The number of nitrogens with one attached hydrogen (secondary N) is 4. The number of aromatic nitrogens is 3. The minimum Gasteiger partial charge on any atom is -0.384 e. The Bertz CT molecular complexity index is 1160. The molecule has 0 saturated heterocycles. The summed E-state index contributed by atoms with van der Waals surface area (Å²) in [5.41, 5.74) is 15.0. The Morgan fingerprint density at radius 3 is 2.66 bits per heavy atom. The molecule has 8 N–H and O–H groups in total. The molecule has 0 fully saturated rings. The molecule has 0 saturated carbocycles. The van der Waals surface area contributed by atoms with Gasteiger partial charge >= 0.3 is 0 Å². The first-order valence-corrected chi connectivity index (χ1v) is 11.9. The van der Waals surface area contributed by atoms with Gasteiger partial charge in [-0.1, -0.05) is 0 Å². The molecule has 3 aromatic rings. The van der Waals surface area contributed by atoms with Crippen LogP contribution in [0, 0.1) is 0 Å². The van der Waals surface area contributed by atoms with Crippen LogP contribution in [0.4, 0.5) is 17.2 Å². The van der Waals surface area contributed by atoms with Gasteiger partial charge in [-0.2, -0.15) is 0 Å². The smallest absolute Gasteiger partial charge is 0.273 e. The molecule has 2 amide bonds. The van der Waals surface area contributed by atoms with Crippen LogP contribution >= 0.6 is 0 Å². The molecule has 0 aliphatic rings. The molecule has 1 atom stereocenters. The molecular weight excluding hydrogens is 446 g/mol. The number of nitrogens with zero attached hydrogens (tertiary/aromatic N) is 3. The third kappa shape index (κ3) is 6.18. The van der Waals surface area contributed by atoms with Crippen molar-refractivity contribution in [3.63, 3.8) is 0 Å². The number of likely N-dealkylation sites (N-methyl/N-ethyl adjacent to an activating group) is 1. The quantitative estimate of drug-likeness (QED) is 0.213. The molecule has 11 heteroatoms. The fraction of sp³-hybridized carbons (Fsp3) is 0.417. The zero-order valence-corrected chi connectivity index (χ0v) is 20.5. The van der Waals surface area contributed by atoms with E-state index in [-0.39, 0.29) is 29.4 Å². The van der Waals surface area contributed by atoms with Gasteiger partial charge in [0.2, 0.25) is 0 Å². The lowest BCUT2D eigenvalue weighted by Gasteiger charge is -2.32. The summed E-state index contributed by atoms with van der Waals surface area (Å²) in [5.74, 6) is -0.463. The molecule has 2 heterocycles. The number of anilines is 3. The average molecular weight is 482 g/mol. The SMILES string of the molecule is CCNc1ccc(C(=O)NCCCN)cc1N(CC)C(C)CNC(=O)c1nc2cc[nH]c2nc1N. The van der Waals surface area contributed by atoms with Gasteiger partial charge in [0.25, 0.3) is 11.8 Å². The van der Waals surface area contributed by atoms with Gasteiger partial charge in [0, 0.05) is 44.0 Å². The summed E-state index contributed by atoms with van der Waals surface area (Å²) in [6, 6.07) is 7.25. The van der Waals surface area contributed by atoms with Crippen LogP contribution in [-0.4, -0.2) is 65.5 Å². The lowest BCUT2D eigenvalue weighted by Crippen LogP contribution is -2.43. The molecule has 0 spiro atoms. The predicted octanol–water partition coefficient (Wildman–Crippen LogP) is 1.70. The lowest BCUT2D eigenvalue weighted by atomic mass is 10.1. The molecule has 1 aromatic carbocycles. The fourth-order valence-corrected chi connectivity index (χ4v) is 3.86. The van der Waals surface area contributed by atoms with E-state index in [4.69, 9.17) is 11.5 Å². The molecule has 3 rings (SSSR count). The number of nitrogen functional groups attached to an aromatic ring is 1. The highest BCUT2D eigenvalue weighted by molar-refractivity contribution is 5.98. The first kappa shape index (κ1) is 25.8. The van der Waals surface area contributed by atoms with Gasteiger partial charge in [-0.25, -0.2) is 9.97 Å². The highest BCUT2D eigenvalue weighted by Crippen LogP contribution is 2.29. The zero-order chi connectivity index (χ0) is 25.4. The highest BCUT2D eigenvalue weighted by atomic mass is 16.2. The number of rotatable bonds is 12. The largest absolute Gasteiger partial charge is 0.384 e. The summed E-state index contributed by atoms with van der Waals surface area (Å²) < 4.78 is 0. The van der Waals surface area contributed by atoms with E-state index in [2.05, 4.69) is 35.8 Å². The maximum Gasteiger partial charge on any atom is 0.273 e. The molecule has 188 valence electrons.